The van der Waals surface area contributed by atoms with Gasteiger partial charge >= 0.3 is 0 Å². The maximum atomic E-state index is 12.2. The standard InChI is InChI=1S/C13H16N6OS/c1-8(12(20)15-11-5-3-2-4-10(11)14)21-13-16-17-18-19(13)9-6-7-9/h2-5,8-9H,6-7,14H2,1H3,(H,15,20). The minimum Gasteiger partial charge on any atom is -0.397 e. The number of amides is 1. The summed E-state index contributed by atoms with van der Waals surface area (Å²) in [5.74, 6) is -0.122. The Balaban J connectivity index is 1.64. The van der Waals surface area contributed by atoms with Crippen molar-refractivity contribution in [3.63, 3.8) is 0 Å². The number of hydrogen-bond acceptors (Lipinski definition) is 6. The normalized spacial score (nSPS) is 15.7. The van der Waals surface area contributed by atoms with Gasteiger partial charge in [0.2, 0.25) is 11.1 Å². The third-order valence-corrected chi connectivity index (χ3v) is 4.27. The van der Waals surface area contributed by atoms with E-state index in [1.54, 1.807) is 16.8 Å². The fourth-order valence-electron chi connectivity index (χ4n) is 1.87. The molecule has 1 heterocycles. The number of nitrogen functional groups attached to an aromatic ring is 1. The lowest BCUT2D eigenvalue weighted by molar-refractivity contribution is -0.115. The number of anilines is 2. The molecule has 3 rings (SSSR count). The number of nitrogens with zero attached hydrogens (tertiary/aromatic N) is 4. The zero-order chi connectivity index (χ0) is 14.8. The van der Waals surface area contributed by atoms with E-state index in [9.17, 15) is 4.79 Å². The van der Waals surface area contributed by atoms with Crippen LogP contribution in [0.25, 0.3) is 0 Å². The molecule has 1 atom stereocenters. The molecule has 110 valence electrons. The first-order valence-corrected chi connectivity index (χ1v) is 7.63. The summed E-state index contributed by atoms with van der Waals surface area (Å²) >= 11 is 1.35. The maximum absolute atomic E-state index is 12.2. The molecule has 1 aliphatic carbocycles. The number of carbonyl (C=O) groups excluding carboxylic acids is 1. The number of benzene rings is 1. The molecule has 1 unspecified atom stereocenters. The van der Waals surface area contributed by atoms with Gasteiger partial charge in [0, 0.05) is 0 Å². The van der Waals surface area contributed by atoms with Crippen LogP contribution in [0.5, 0.6) is 0 Å². The lowest BCUT2D eigenvalue weighted by Crippen LogP contribution is -2.23. The molecule has 0 spiro atoms. The van der Waals surface area contributed by atoms with Crippen molar-refractivity contribution in [2.45, 2.75) is 36.2 Å². The monoisotopic (exact) mass is 304 g/mol. The molecule has 21 heavy (non-hydrogen) atoms. The van der Waals surface area contributed by atoms with Crippen molar-refractivity contribution in [2.75, 3.05) is 11.1 Å². The van der Waals surface area contributed by atoms with Gasteiger partial charge in [0.25, 0.3) is 0 Å². The highest BCUT2D eigenvalue weighted by Gasteiger charge is 2.29. The SMILES string of the molecule is CC(Sc1nnnn1C1CC1)C(=O)Nc1ccccc1N. The van der Waals surface area contributed by atoms with E-state index < -0.39 is 0 Å². The van der Waals surface area contributed by atoms with Crippen LogP contribution in [0.4, 0.5) is 11.4 Å². The number of rotatable bonds is 5. The molecule has 1 aromatic carbocycles. The first-order chi connectivity index (χ1) is 10.1. The molecular weight excluding hydrogens is 288 g/mol. The molecule has 1 aromatic heterocycles. The van der Waals surface area contributed by atoms with Gasteiger partial charge in [0.1, 0.15) is 0 Å². The van der Waals surface area contributed by atoms with Crippen LogP contribution >= 0.6 is 11.8 Å². The average molecular weight is 304 g/mol. The molecule has 0 bridgehead atoms. The summed E-state index contributed by atoms with van der Waals surface area (Å²) < 4.78 is 1.80. The quantitative estimate of drug-likeness (QED) is 0.644. The Morgan fingerprint density at radius 2 is 2.24 bits per heavy atom. The molecule has 0 saturated heterocycles. The third-order valence-electron chi connectivity index (χ3n) is 3.23. The summed E-state index contributed by atoms with van der Waals surface area (Å²) in [5.41, 5.74) is 6.99. The highest BCUT2D eigenvalue weighted by Crippen LogP contribution is 2.37. The number of para-hydroxylation sites is 2. The summed E-state index contributed by atoms with van der Waals surface area (Å²) in [7, 11) is 0. The van der Waals surface area contributed by atoms with Crippen molar-refractivity contribution < 1.29 is 4.79 Å². The van der Waals surface area contributed by atoms with Gasteiger partial charge in [-0.2, -0.15) is 0 Å². The summed E-state index contributed by atoms with van der Waals surface area (Å²) in [6, 6.07) is 7.58. The van der Waals surface area contributed by atoms with Crippen LogP contribution in [0.3, 0.4) is 0 Å². The molecule has 1 fully saturated rings. The summed E-state index contributed by atoms with van der Waals surface area (Å²) in [6.07, 6.45) is 2.19. The molecule has 1 aliphatic rings. The largest absolute Gasteiger partial charge is 0.397 e. The van der Waals surface area contributed by atoms with E-state index in [4.69, 9.17) is 5.73 Å². The van der Waals surface area contributed by atoms with Gasteiger partial charge in [-0.05, 0) is 42.3 Å². The number of nitrogens with one attached hydrogen (secondary N) is 1. The Kier molecular flexibility index (Phi) is 3.78. The van der Waals surface area contributed by atoms with Crippen LogP contribution in [0.1, 0.15) is 25.8 Å². The van der Waals surface area contributed by atoms with E-state index >= 15 is 0 Å². The van der Waals surface area contributed by atoms with Crippen molar-refractivity contribution in [2.24, 2.45) is 0 Å². The number of carbonyl (C=O) groups is 1. The zero-order valence-electron chi connectivity index (χ0n) is 11.6. The molecule has 0 radical (unpaired) electrons. The molecule has 3 N–H and O–H groups in total. The second-order valence-corrected chi connectivity index (χ2v) is 6.28. The lowest BCUT2D eigenvalue weighted by atomic mass is 10.2. The van der Waals surface area contributed by atoms with Gasteiger partial charge in [-0.15, -0.1) is 5.10 Å². The first-order valence-electron chi connectivity index (χ1n) is 6.75. The van der Waals surface area contributed by atoms with Crippen molar-refractivity contribution >= 4 is 29.0 Å². The van der Waals surface area contributed by atoms with Crippen molar-refractivity contribution in [3.05, 3.63) is 24.3 Å². The van der Waals surface area contributed by atoms with Gasteiger partial charge < -0.3 is 11.1 Å². The predicted octanol–water partition coefficient (Wildman–Crippen LogP) is 1.71. The lowest BCUT2D eigenvalue weighted by Gasteiger charge is -2.12. The number of hydrogen-bond donors (Lipinski definition) is 2. The van der Waals surface area contributed by atoms with Crippen molar-refractivity contribution in [1.82, 2.24) is 20.2 Å². The number of nitrogens with two attached hydrogens (primary N) is 1. The van der Waals surface area contributed by atoms with E-state index in [1.165, 1.54) is 11.8 Å². The van der Waals surface area contributed by atoms with Crippen LogP contribution in [0.15, 0.2) is 29.4 Å². The van der Waals surface area contributed by atoms with Gasteiger partial charge in [-0.25, -0.2) is 4.68 Å². The van der Waals surface area contributed by atoms with Crippen LogP contribution in [-0.4, -0.2) is 31.4 Å². The highest BCUT2D eigenvalue weighted by molar-refractivity contribution is 8.00. The molecule has 8 heteroatoms. The maximum Gasteiger partial charge on any atom is 0.237 e. The zero-order valence-corrected chi connectivity index (χ0v) is 12.4. The van der Waals surface area contributed by atoms with E-state index in [2.05, 4.69) is 20.8 Å². The van der Waals surface area contributed by atoms with E-state index in [-0.39, 0.29) is 11.2 Å². The van der Waals surface area contributed by atoms with E-state index in [0.717, 1.165) is 12.8 Å². The van der Waals surface area contributed by atoms with E-state index in [1.807, 2.05) is 19.1 Å². The highest BCUT2D eigenvalue weighted by atomic mass is 32.2. The van der Waals surface area contributed by atoms with Crippen LogP contribution < -0.4 is 11.1 Å². The Morgan fingerprint density at radius 3 is 2.95 bits per heavy atom. The summed E-state index contributed by atoms with van der Waals surface area (Å²) in [6.45, 7) is 1.82. The van der Waals surface area contributed by atoms with E-state index in [0.29, 0.717) is 22.6 Å². The van der Waals surface area contributed by atoms with Gasteiger partial charge in [0.15, 0.2) is 0 Å². The number of tetrazole rings is 1. The number of aromatic nitrogens is 4. The summed E-state index contributed by atoms with van der Waals surface area (Å²) in [4.78, 5) is 12.2. The van der Waals surface area contributed by atoms with Crippen molar-refractivity contribution in [1.29, 1.82) is 0 Å². The number of thioether (sulfide) groups is 1. The Hall–Kier alpha value is -2.09. The van der Waals surface area contributed by atoms with Crippen LogP contribution in [-0.2, 0) is 4.79 Å². The third kappa shape index (κ3) is 3.15. The predicted molar refractivity (Wildman–Crippen MR) is 80.9 cm³/mol. The Morgan fingerprint density at radius 1 is 1.48 bits per heavy atom. The van der Waals surface area contributed by atoms with Gasteiger partial charge in [-0.3, -0.25) is 4.79 Å². The second-order valence-electron chi connectivity index (χ2n) is 4.97. The topological polar surface area (TPSA) is 98.7 Å². The van der Waals surface area contributed by atoms with Gasteiger partial charge in [-0.1, -0.05) is 23.9 Å². The molecule has 2 aromatic rings. The smallest absolute Gasteiger partial charge is 0.237 e. The molecular formula is C13H16N6OS. The van der Waals surface area contributed by atoms with Crippen LogP contribution in [0, 0.1) is 0 Å². The fourth-order valence-corrected chi connectivity index (χ4v) is 2.73. The fraction of sp³-hybridized carbons (Fsp3) is 0.385. The van der Waals surface area contributed by atoms with Gasteiger partial charge in [0.05, 0.1) is 22.7 Å². The molecule has 1 amide bonds. The van der Waals surface area contributed by atoms with Crippen molar-refractivity contribution in [3.8, 4) is 0 Å². The van der Waals surface area contributed by atoms with Crippen LogP contribution in [0.2, 0.25) is 0 Å². The Labute approximate surface area is 126 Å². The minimum absolute atomic E-state index is 0.122. The average Bonchev–Trinajstić information content (AvgIpc) is 3.21. The Bertz CT molecular complexity index is 654. The molecule has 7 nitrogen and oxygen atoms in total. The second kappa shape index (κ2) is 5.72. The minimum atomic E-state index is -0.312. The summed E-state index contributed by atoms with van der Waals surface area (Å²) in [5, 5.41) is 14.8. The molecule has 1 saturated carbocycles. The first kappa shape index (κ1) is 13.9. The molecule has 0 aliphatic heterocycles.